The number of ketones is 1. The van der Waals surface area contributed by atoms with Gasteiger partial charge >= 0.3 is 0 Å². The van der Waals surface area contributed by atoms with Crippen molar-refractivity contribution < 1.29 is 14.7 Å². The first-order chi connectivity index (χ1) is 14.5. The van der Waals surface area contributed by atoms with E-state index in [0.717, 1.165) is 29.7 Å². The average molecular weight is 407 g/mol. The van der Waals surface area contributed by atoms with Gasteiger partial charge < -0.3 is 20.6 Å². The Morgan fingerprint density at radius 2 is 2.17 bits per heavy atom. The number of hydrogen-bond acceptors (Lipinski definition) is 7. The molecule has 1 amide bonds. The van der Waals surface area contributed by atoms with Crippen LogP contribution in [0.5, 0.6) is 0 Å². The van der Waals surface area contributed by atoms with Crippen LogP contribution in [-0.4, -0.2) is 57.4 Å². The van der Waals surface area contributed by atoms with Crippen LogP contribution in [0.15, 0.2) is 30.5 Å². The summed E-state index contributed by atoms with van der Waals surface area (Å²) < 4.78 is 0. The van der Waals surface area contributed by atoms with Gasteiger partial charge in [0.2, 0.25) is 17.6 Å². The van der Waals surface area contributed by atoms with Crippen molar-refractivity contribution in [2.24, 2.45) is 0 Å². The lowest BCUT2D eigenvalue weighted by Gasteiger charge is -2.32. The van der Waals surface area contributed by atoms with Gasteiger partial charge in [-0.15, -0.1) is 6.42 Å². The van der Waals surface area contributed by atoms with Gasteiger partial charge in [-0.25, -0.2) is 4.98 Å². The molecule has 0 aliphatic carbocycles. The summed E-state index contributed by atoms with van der Waals surface area (Å²) in [7, 11) is 0. The molecule has 0 radical (unpaired) electrons. The largest absolute Gasteiger partial charge is 0.387 e. The van der Waals surface area contributed by atoms with Crippen molar-refractivity contribution in [3.05, 3.63) is 41.6 Å². The average Bonchev–Trinajstić information content (AvgIpc) is 2.76. The van der Waals surface area contributed by atoms with Crippen LogP contribution in [0, 0.1) is 19.3 Å². The zero-order chi connectivity index (χ0) is 21.5. The molecule has 1 aromatic heterocycles. The van der Waals surface area contributed by atoms with E-state index in [1.807, 2.05) is 31.2 Å². The van der Waals surface area contributed by atoms with E-state index in [2.05, 4.69) is 26.5 Å². The summed E-state index contributed by atoms with van der Waals surface area (Å²) in [5.74, 6) is 2.65. The van der Waals surface area contributed by atoms with Crippen LogP contribution >= 0.6 is 0 Å². The van der Waals surface area contributed by atoms with Gasteiger partial charge in [0, 0.05) is 43.0 Å². The second-order valence-corrected chi connectivity index (χ2v) is 7.23. The molecule has 1 saturated heterocycles. The van der Waals surface area contributed by atoms with E-state index >= 15 is 0 Å². The Morgan fingerprint density at radius 3 is 2.93 bits per heavy atom. The molecule has 0 spiro atoms. The smallest absolute Gasteiger partial charge is 0.248 e. The second-order valence-electron chi connectivity index (χ2n) is 7.23. The monoisotopic (exact) mass is 407 g/mol. The summed E-state index contributed by atoms with van der Waals surface area (Å²) in [6.45, 7) is 2.55. The molecule has 1 atom stereocenters. The molecule has 1 aliphatic rings. The summed E-state index contributed by atoms with van der Waals surface area (Å²) in [5.41, 5.74) is 2.39. The molecule has 0 saturated carbocycles. The Morgan fingerprint density at radius 1 is 1.37 bits per heavy atom. The normalized spacial score (nSPS) is 15.9. The number of carbonyl (C=O) groups is 2. The molecule has 8 nitrogen and oxygen atoms in total. The third-order valence-electron chi connectivity index (χ3n) is 5.00. The Labute approximate surface area is 175 Å². The summed E-state index contributed by atoms with van der Waals surface area (Å²) in [4.78, 5) is 34.0. The van der Waals surface area contributed by atoms with Crippen molar-refractivity contribution in [3.63, 3.8) is 0 Å². The quantitative estimate of drug-likeness (QED) is 0.473. The minimum absolute atomic E-state index is 0.00495. The number of nitrogens with zero attached hydrogens (tertiary/aromatic N) is 3. The molecule has 2 heterocycles. The number of aliphatic hydroxyl groups is 1. The summed E-state index contributed by atoms with van der Waals surface area (Å²) in [6.07, 6.45) is 8.79. The number of benzene rings is 1. The van der Waals surface area contributed by atoms with Gasteiger partial charge in [0.15, 0.2) is 0 Å². The summed E-state index contributed by atoms with van der Waals surface area (Å²) in [5, 5.41) is 15.6. The Balaban J connectivity index is 1.74. The minimum atomic E-state index is -0.483. The number of aryl methyl sites for hydroxylation is 1. The molecule has 1 fully saturated rings. The van der Waals surface area contributed by atoms with Gasteiger partial charge in [-0.2, -0.15) is 4.98 Å². The van der Waals surface area contributed by atoms with Crippen molar-refractivity contribution in [1.29, 1.82) is 0 Å². The zero-order valence-electron chi connectivity index (χ0n) is 16.9. The van der Waals surface area contributed by atoms with E-state index in [0.29, 0.717) is 24.9 Å². The van der Waals surface area contributed by atoms with Crippen molar-refractivity contribution in [3.8, 4) is 12.3 Å². The third-order valence-corrected chi connectivity index (χ3v) is 5.00. The highest BCUT2D eigenvalue weighted by Gasteiger charge is 2.23. The number of terminal acetylenes is 1. The van der Waals surface area contributed by atoms with Crippen molar-refractivity contribution in [2.45, 2.75) is 32.2 Å². The lowest BCUT2D eigenvalue weighted by molar-refractivity contribution is -0.135. The number of amides is 1. The molecular weight excluding hydrogens is 382 g/mol. The number of carbonyl (C=O) groups excluding carboxylic acids is 2. The van der Waals surface area contributed by atoms with E-state index < -0.39 is 6.61 Å². The topological polar surface area (TPSA) is 107 Å². The molecule has 30 heavy (non-hydrogen) atoms. The fourth-order valence-electron chi connectivity index (χ4n) is 3.39. The molecule has 3 rings (SSSR count). The number of rotatable bonds is 7. The lowest BCUT2D eigenvalue weighted by atomic mass is 10.1. The minimum Gasteiger partial charge on any atom is -0.387 e. The molecule has 8 heteroatoms. The van der Waals surface area contributed by atoms with Crippen LogP contribution in [0.4, 0.5) is 17.5 Å². The van der Waals surface area contributed by atoms with Gasteiger partial charge in [-0.3, -0.25) is 9.59 Å². The molecule has 2 aromatic rings. The number of aliphatic hydroxyl groups excluding tert-OH is 1. The number of anilines is 3. The first kappa shape index (κ1) is 21.3. The Hall–Kier alpha value is -3.44. The molecule has 1 aliphatic heterocycles. The van der Waals surface area contributed by atoms with Gasteiger partial charge in [0.1, 0.15) is 12.4 Å². The fourth-order valence-corrected chi connectivity index (χ4v) is 3.39. The first-order valence-corrected chi connectivity index (χ1v) is 9.83. The van der Waals surface area contributed by atoms with Gasteiger partial charge in [0.05, 0.1) is 0 Å². The third kappa shape index (κ3) is 5.33. The molecule has 1 aromatic carbocycles. The number of likely N-dealkylation sites (tertiary alicyclic amines) is 1. The molecule has 0 unspecified atom stereocenters. The standard InChI is InChI=1S/C22H25N5O3/c1-3-18(29)11-16-7-4-5-9-19(16)25-21-15(2)12-23-22(26-21)24-17-8-6-10-27(13-17)20(30)14-28/h1,4-5,7,9,12,17,28H,6,8,10-11,13-14H2,2H3,(H2,23,24,25,26)/t17-/m0/s1. The Bertz CT molecular complexity index is 969. The van der Waals surface area contributed by atoms with Gasteiger partial charge in [-0.05, 0) is 37.3 Å². The molecular formula is C22H25N5O3. The van der Waals surface area contributed by atoms with E-state index in [4.69, 9.17) is 11.5 Å². The fraction of sp³-hybridized carbons (Fsp3) is 0.364. The maximum absolute atomic E-state index is 11.8. The number of aromatic nitrogens is 2. The molecule has 156 valence electrons. The van der Waals surface area contributed by atoms with Crippen molar-refractivity contribution in [2.75, 3.05) is 30.3 Å². The van der Waals surface area contributed by atoms with Crippen molar-refractivity contribution in [1.82, 2.24) is 14.9 Å². The summed E-state index contributed by atoms with van der Waals surface area (Å²) in [6, 6.07) is 7.45. The molecule has 3 N–H and O–H groups in total. The maximum atomic E-state index is 11.8. The van der Waals surface area contributed by atoms with Crippen molar-refractivity contribution >= 4 is 29.1 Å². The highest BCUT2D eigenvalue weighted by atomic mass is 16.3. The van der Waals surface area contributed by atoms with Crippen LogP contribution in [0.2, 0.25) is 0 Å². The Kier molecular flexibility index (Phi) is 6.99. The number of nitrogens with one attached hydrogen (secondary N) is 2. The highest BCUT2D eigenvalue weighted by Crippen LogP contribution is 2.24. The molecule has 0 bridgehead atoms. The van der Waals surface area contributed by atoms with E-state index in [1.54, 1.807) is 11.1 Å². The van der Waals surface area contributed by atoms with Crippen LogP contribution in [0.1, 0.15) is 24.0 Å². The van der Waals surface area contributed by atoms with Gasteiger partial charge in [0.25, 0.3) is 0 Å². The predicted molar refractivity (Wildman–Crippen MR) is 114 cm³/mol. The van der Waals surface area contributed by atoms with Crippen LogP contribution < -0.4 is 10.6 Å². The van der Waals surface area contributed by atoms with Crippen LogP contribution in [-0.2, 0) is 16.0 Å². The maximum Gasteiger partial charge on any atom is 0.248 e. The predicted octanol–water partition coefficient (Wildman–Crippen LogP) is 1.67. The van der Waals surface area contributed by atoms with E-state index in [-0.39, 0.29) is 24.2 Å². The number of para-hydroxylation sites is 1. The summed E-state index contributed by atoms with van der Waals surface area (Å²) >= 11 is 0. The lowest BCUT2D eigenvalue weighted by Crippen LogP contribution is -2.46. The number of piperidine rings is 1. The second kappa shape index (κ2) is 9.85. The van der Waals surface area contributed by atoms with E-state index in [1.165, 1.54) is 0 Å². The van der Waals surface area contributed by atoms with E-state index in [9.17, 15) is 9.59 Å². The highest BCUT2D eigenvalue weighted by molar-refractivity contribution is 5.97. The first-order valence-electron chi connectivity index (χ1n) is 9.83. The number of hydrogen-bond donors (Lipinski definition) is 3. The van der Waals surface area contributed by atoms with Crippen LogP contribution in [0.25, 0.3) is 0 Å². The van der Waals surface area contributed by atoms with Crippen LogP contribution in [0.3, 0.4) is 0 Å². The zero-order valence-corrected chi connectivity index (χ0v) is 16.9. The SMILES string of the molecule is C#CC(=O)Cc1ccccc1Nc1nc(N[C@H]2CCCN(C(=O)CO)C2)ncc1C. The number of Topliss-reactive ketones (excluding diaryl/α,β-unsaturated/α-hetero) is 1. The van der Waals surface area contributed by atoms with Gasteiger partial charge in [-0.1, -0.05) is 18.2 Å².